The molecular formula is C24H28F2N8O3S2. The van der Waals surface area contributed by atoms with Crippen molar-refractivity contribution >= 4 is 32.7 Å². The molecular weight excluding hydrogens is 550 g/mol. The van der Waals surface area contributed by atoms with Crippen LogP contribution in [0.1, 0.15) is 56.7 Å². The van der Waals surface area contributed by atoms with Gasteiger partial charge in [-0.05, 0) is 45.6 Å². The molecule has 6 rings (SSSR count). The van der Waals surface area contributed by atoms with Crippen molar-refractivity contribution in [1.82, 2.24) is 29.6 Å². The van der Waals surface area contributed by atoms with Crippen LogP contribution in [0.5, 0.6) is 0 Å². The van der Waals surface area contributed by atoms with E-state index in [0.29, 0.717) is 61.5 Å². The van der Waals surface area contributed by atoms with Gasteiger partial charge in [0.1, 0.15) is 27.4 Å². The molecule has 1 saturated heterocycles. The smallest absolute Gasteiger partial charge is 0.291 e. The number of methoxy groups -OCH3 is 1. The van der Waals surface area contributed by atoms with Gasteiger partial charge in [0.25, 0.3) is 6.43 Å². The summed E-state index contributed by atoms with van der Waals surface area (Å²) >= 11 is 0.741. The van der Waals surface area contributed by atoms with Crippen LogP contribution in [-0.2, 0) is 20.4 Å². The van der Waals surface area contributed by atoms with E-state index in [4.69, 9.17) is 9.72 Å². The van der Waals surface area contributed by atoms with Gasteiger partial charge in [-0.2, -0.15) is 9.98 Å². The second-order valence-electron chi connectivity index (χ2n) is 10.7. The maximum Gasteiger partial charge on any atom is 0.291 e. The second-order valence-corrected chi connectivity index (χ2v) is 13.4. The number of alkyl halides is 2. The first-order chi connectivity index (χ1) is 18.5. The molecule has 2 saturated carbocycles. The van der Waals surface area contributed by atoms with Crippen LogP contribution in [0.15, 0.2) is 17.2 Å². The van der Waals surface area contributed by atoms with Crippen LogP contribution in [0.3, 0.4) is 0 Å². The SMILES string of the molecule is COC1(c2nc3c(N4C[C@H](C)N[C@@H](C)C4)cc(S(=O)(=O)NC4(C#N)CC4)cn3c2-c2nnc(C(F)F)s2)CC1. The molecule has 4 heterocycles. The minimum atomic E-state index is -4.12. The third kappa shape index (κ3) is 4.57. The number of aromatic nitrogens is 4. The molecule has 39 heavy (non-hydrogen) atoms. The summed E-state index contributed by atoms with van der Waals surface area (Å²) < 4.78 is 64.1. The molecule has 11 nitrogen and oxygen atoms in total. The molecule has 15 heteroatoms. The molecule has 0 unspecified atom stereocenters. The normalized spacial score (nSPS) is 23.8. The number of rotatable bonds is 8. The lowest BCUT2D eigenvalue weighted by atomic mass is 10.1. The van der Waals surface area contributed by atoms with Crippen molar-refractivity contribution < 1.29 is 21.9 Å². The van der Waals surface area contributed by atoms with Gasteiger partial charge in [-0.1, -0.05) is 11.3 Å². The Morgan fingerprint density at radius 3 is 2.46 bits per heavy atom. The molecule has 0 aromatic carbocycles. The van der Waals surface area contributed by atoms with E-state index < -0.39 is 32.6 Å². The average molecular weight is 579 g/mol. The predicted octanol–water partition coefficient (Wildman–Crippen LogP) is 2.95. The van der Waals surface area contributed by atoms with Crippen LogP contribution in [0.25, 0.3) is 16.3 Å². The summed E-state index contributed by atoms with van der Waals surface area (Å²) in [6, 6.07) is 3.89. The third-order valence-corrected chi connectivity index (χ3v) is 9.97. The summed E-state index contributed by atoms with van der Waals surface area (Å²) in [5.74, 6) is 0. The summed E-state index contributed by atoms with van der Waals surface area (Å²) in [5, 5.41) is 20.5. The van der Waals surface area contributed by atoms with Crippen molar-refractivity contribution in [2.24, 2.45) is 0 Å². The molecule has 208 valence electrons. The van der Waals surface area contributed by atoms with E-state index in [1.165, 1.54) is 6.20 Å². The number of hydrogen-bond acceptors (Lipinski definition) is 10. The van der Waals surface area contributed by atoms with Crippen LogP contribution >= 0.6 is 11.3 Å². The van der Waals surface area contributed by atoms with Crippen molar-refractivity contribution in [2.45, 2.75) is 74.1 Å². The summed E-state index contributed by atoms with van der Waals surface area (Å²) in [5.41, 5.74) is 0.100. The van der Waals surface area contributed by atoms with E-state index in [0.717, 1.165) is 11.3 Å². The molecule has 3 aromatic rings. The van der Waals surface area contributed by atoms with Crippen molar-refractivity contribution in [3.63, 3.8) is 0 Å². The first-order valence-electron chi connectivity index (χ1n) is 12.7. The lowest BCUT2D eigenvalue weighted by Crippen LogP contribution is -2.54. The Kier molecular flexibility index (Phi) is 6.19. The van der Waals surface area contributed by atoms with Crippen molar-refractivity contribution in [1.29, 1.82) is 5.26 Å². The fourth-order valence-electron chi connectivity index (χ4n) is 5.28. The zero-order valence-electron chi connectivity index (χ0n) is 21.6. The van der Waals surface area contributed by atoms with Crippen molar-refractivity contribution in [2.75, 3.05) is 25.1 Å². The quantitative estimate of drug-likeness (QED) is 0.413. The second kappa shape index (κ2) is 9.13. The molecule has 2 N–H and O–H groups in total. The number of hydrogen-bond donors (Lipinski definition) is 2. The average Bonchev–Trinajstić information content (AvgIpc) is 3.75. The fourth-order valence-corrected chi connectivity index (χ4v) is 7.41. The van der Waals surface area contributed by atoms with Gasteiger partial charge in [-0.25, -0.2) is 22.2 Å². The first-order valence-corrected chi connectivity index (χ1v) is 15.0. The Morgan fingerprint density at radius 2 is 1.92 bits per heavy atom. The first kappa shape index (κ1) is 26.5. The predicted molar refractivity (Wildman–Crippen MR) is 139 cm³/mol. The van der Waals surface area contributed by atoms with E-state index in [9.17, 15) is 22.5 Å². The highest BCUT2D eigenvalue weighted by Crippen LogP contribution is 2.52. The van der Waals surface area contributed by atoms with E-state index in [2.05, 4.69) is 31.2 Å². The van der Waals surface area contributed by atoms with Gasteiger partial charge in [0.05, 0.1) is 11.8 Å². The number of imidazole rings is 1. The van der Waals surface area contributed by atoms with E-state index >= 15 is 0 Å². The van der Waals surface area contributed by atoms with Crippen LogP contribution in [0.2, 0.25) is 0 Å². The third-order valence-electron chi connectivity index (χ3n) is 7.53. The minimum absolute atomic E-state index is 0.0589. The number of halogens is 2. The van der Waals surface area contributed by atoms with Crippen LogP contribution in [0.4, 0.5) is 14.5 Å². The Morgan fingerprint density at radius 1 is 1.23 bits per heavy atom. The molecule has 0 spiro atoms. The Hall–Kier alpha value is -2.77. The lowest BCUT2D eigenvalue weighted by molar-refractivity contribution is 0.0761. The molecule has 3 aromatic heterocycles. The Labute approximate surface area is 228 Å². The maximum absolute atomic E-state index is 13.6. The Balaban J connectivity index is 1.61. The lowest BCUT2D eigenvalue weighted by Gasteiger charge is -2.37. The zero-order valence-corrected chi connectivity index (χ0v) is 23.2. The van der Waals surface area contributed by atoms with Gasteiger partial charge in [-0.3, -0.25) is 4.40 Å². The number of piperazine rings is 1. The van der Waals surface area contributed by atoms with Gasteiger partial charge in [0.2, 0.25) is 10.0 Å². The molecule has 0 bridgehead atoms. The highest BCUT2D eigenvalue weighted by molar-refractivity contribution is 7.89. The highest BCUT2D eigenvalue weighted by atomic mass is 32.2. The topological polar surface area (TPSA) is 138 Å². The largest absolute Gasteiger partial charge is 0.372 e. The summed E-state index contributed by atoms with van der Waals surface area (Å²) in [7, 11) is -2.55. The molecule has 3 fully saturated rings. The van der Waals surface area contributed by atoms with Gasteiger partial charge in [0, 0.05) is 38.5 Å². The minimum Gasteiger partial charge on any atom is -0.372 e. The number of pyridine rings is 1. The van der Waals surface area contributed by atoms with E-state index in [1.54, 1.807) is 17.6 Å². The standard InChI is InChI=1S/C24H28F2N8O3S2/c1-13-9-33(10-14(2)28-13)16-8-15(39(35,36)32-23(12-27)4-5-23)11-34-17(21-30-31-22(38-21)19(25)26)18(29-20(16)34)24(37-3)6-7-24/h8,11,13-14,19,28,32H,4-7,9-10H2,1-3H3/t13-,14-/m0/s1. The van der Waals surface area contributed by atoms with Gasteiger partial charge >= 0.3 is 0 Å². The maximum atomic E-state index is 13.6. The van der Waals surface area contributed by atoms with Crippen LogP contribution in [0, 0.1) is 11.3 Å². The molecule has 2 atom stereocenters. The van der Waals surface area contributed by atoms with E-state index in [1.807, 2.05) is 13.8 Å². The van der Waals surface area contributed by atoms with E-state index in [-0.39, 0.29) is 22.0 Å². The zero-order chi connectivity index (χ0) is 27.7. The Bertz CT molecular complexity index is 1580. The number of nitrogens with zero attached hydrogens (tertiary/aromatic N) is 6. The van der Waals surface area contributed by atoms with Crippen molar-refractivity contribution in [3.8, 4) is 16.8 Å². The van der Waals surface area contributed by atoms with Crippen molar-refractivity contribution in [3.05, 3.63) is 23.0 Å². The number of fused-ring (bicyclic) bond motifs is 1. The van der Waals surface area contributed by atoms with Gasteiger partial charge in [-0.15, -0.1) is 10.2 Å². The highest BCUT2D eigenvalue weighted by Gasteiger charge is 2.50. The fraction of sp³-hybridized carbons (Fsp3) is 0.583. The number of ether oxygens (including phenoxy) is 1. The molecule has 3 aliphatic rings. The monoisotopic (exact) mass is 578 g/mol. The van der Waals surface area contributed by atoms with Crippen LogP contribution in [-0.4, -0.2) is 65.8 Å². The van der Waals surface area contributed by atoms with Crippen LogP contribution < -0.4 is 14.9 Å². The molecule has 0 radical (unpaired) electrons. The summed E-state index contributed by atoms with van der Waals surface area (Å²) in [6.45, 7) is 5.29. The molecule has 0 amide bonds. The summed E-state index contributed by atoms with van der Waals surface area (Å²) in [6.07, 6.45) is 0.845. The number of sulfonamides is 1. The number of nitriles is 1. The molecule has 2 aliphatic carbocycles. The van der Waals surface area contributed by atoms with Gasteiger partial charge < -0.3 is 15.0 Å². The van der Waals surface area contributed by atoms with Gasteiger partial charge in [0.15, 0.2) is 15.7 Å². The number of anilines is 1. The molecule has 1 aliphatic heterocycles. The summed E-state index contributed by atoms with van der Waals surface area (Å²) in [4.78, 5) is 6.98. The number of nitrogens with one attached hydrogen (secondary N) is 2.